The Kier molecular flexibility index (Phi) is 6.28. The number of hydrogen-bond acceptors (Lipinski definition) is 6. The van der Waals surface area contributed by atoms with Crippen molar-refractivity contribution < 1.29 is 9.53 Å². The molecule has 0 spiro atoms. The van der Waals surface area contributed by atoms with Crippen molar-refractivity contribution in [2.24, 2.45) is 0 Å². The Morgan fingerprint density at radius 2 is 1.76 bits per heavy atom. The number of carbonyl (C=O) groups is 1. The van der Waals surface area contributed by atoms with Crippen LogP contribution in [0.2, 0.25) is 5.02 Å². The van der Waals surface area contributed by atoms with E-state index >= 15 is 0 Å². The highest BCUT2D eigenvalue weighted by Crippen LogP contribution is 2.24. The fourth-order valence-corrected chi connectivity index (χ4v) is 4.04. The van der Waals surface area contributed by atoms with E-state index in [9.17, 15) is 9.59 Å². The van der Waals surface area contributed by atoms with Gasteiger partial charge in [-0.3, -0.25) is 14.6 Å². The molecule has 0 saturated heterocycles. The molecule has 3 heterocycles. The van der Waals surface area contributed by atoms with Gasteiger partial charge in [-0.1, -0.05) is 17.7 Å². The zero-order valence-corrected chi connectivity index (χ0v) is 22.3. The van der Waals surface area contributed by atoms with Crippen molar-refractivity contribution in [3.05, 3.63) is 86.9 Å². The number of benzene rings is 2. The summed E-state index contributed by atoms with van der Waals surface area (Å²) in [6, 6.07) is 14.3. The number of fused-ring (bicyclic) bond motifs is 1. The fourth-order valence-electron chi connectivity index (χ4n) is 3.91. The van der Waals surface area contributed by atoms with E-state index in [1.54, 1.807) is 55.8 Å². The maximum Gasteiger partial charge on any atom is 0.269 e. The maximum absolute atomic E-state index is 13.2. The molecule has 2 N–H and O–H groups in total. The van der Waals surface area contributed by atoms with Gasteiger partial charge in [0.25, 0.3) is 11.5 Å². The average Bonchev–Trinajstić information content (AvgIpc) is 3.45. The van der Waals surface area contributed by atoms with E-state index in [1.165, 1.54) is 10.9 Å². The summed E-state index contributed by atoms with van der Waals surface area (Å²) in [6.07, 6.45) is 1.48. The fraction of sp³-hybridized carbons (Fsp3) is 0.222. The minimum Gasteiger partial charge on any atom is -0.478 e. The van der Waals surface area contributed by atoms with Gasteiger partial charge in [-0.15, -0.1) is 0 Å². The lowest BCUT2D eigenvalue weighted by atomic mass is 10.1. The molecule has 11 heteroatoms. The minimum absolute atomic E-state index is 0.132. The highest BCUT2D eigenvalue weighted by atomic mass is 35.5. The second-order valence-corrected chi connectivity index (χ2v) is 9.99. The molecule has 0 bridgehead atoms. The predicted octanol–water partition coefficient (Wildman–Crippen LogP) is 4.67. The van der Waals surface area contributed by atoms with Gasteiger partial charge in [0.2, 0.25) is 5.95 Å². The summed E-state index contributed by atoms with van der Waals surface area (Å²) in [6.45, 7) is 9.11. The van der Waals surface area contributed by atoms with Crippen LogP contribution in [0.3, 0.4) is 0 Å². The van der Waals surface area contributed by atoms with Gasteiger partial charge in [-0.05, 0) is 82.1 Å². The summed E-state index contributed by atoms with van der Waals surface area (Å²) in [5.74, 6) is 0.528. The number of hydrogen-bond donors (Lipinski definition) is 2. The molecule has 1 amide bonds. The Labute approximate surface area is 223 Å². The highest BCUT2D eigenvalue weighted by molar-refractivity contribution is 6.30. The van der Waals surface area contributed by atoms with E-state index in [-0.39, 0.29) is 11.5 Å². The van der Waals surface area contributed by atoms with E-state index in [0.29, 0.717) is 33.3 Å². The maximum atomic E-state index is 13.2. The molecule has 0 aliphatic heterocycles. The topological polar surface area (TPSA) is 120 Å². The number of halogens is 1. The van der Waals surface area contributed by atoms with Crippen LogP contribution in [-0.2, 0) is 4.79 Å². The summed E-state index contributed by atoms with van der Waals surface area (Å²) in [4.78, 5) is 33.6. The SMILES string of the molecule is Cc1cc(NC(=O)C(C)(C)Oc2ccc(Cl)cc2)n(-c2nc3c(cnn3-c3ccc(C)c(C)c3)c(=O)[nH]2)n1. The van der Waals surface area contributed by atoms with Gasteiger partial charge in [-0.2, -0.15) is 19.9 Å². The Bertz CT molecular complexity index is 1730. The van der Waals surface area contributed by atoms with Gasteiger partial charge in [0.1, 0.15) is 17.0 Å². The average molecular weight is 532 g/mol. The van der Waals surface area contributed by atoms with Crippen LogP contribution in [0, 0.1) is 20.8 Å². The smallest absolute Gasteiger partial charge is 0.269 e. The van der Waals surface area contributed by atoms with Gasteiger partial charge < -0.3 is 10.1 Å². The van der Waals surface area contributed by atoms with Crippen LogP contribution >= 0.6 is 11.6 Å². The lowest BCUT2D eigenvalue weighted by molar-refractivity contribution is -0.128. The van der Waals surface area contributed by atoms with Crippen molar-refractivity contribution in [1.29, 1.82) is 0 Å². The van der Waals surface area contributed by atoms with Gasteiger partial charge >= 0.3 is 0 Å². The Morgan fingerprint density at radius 3 is 2.47 bits per heavy atom. The summed E-state index contributed by atoms with van der Waals surface area (Å²) in [7, 11) is 0. The molecule has 0 saturated carbocycles. The number of nitrogens with one attached hydrogen (secondary N) is 2. The minimum atomic E-state index is -1.23. The molecule has 38 heavy (non-hydrogen) atoms. The summed E-state index contributed by atoms with van der Waals surface area (Å²) in [5, 5.41) is 12.6. The van der Waals surface area contributed by atoms with Crippen LogP contribution in [0.4, 0.5) is 5.82 Å². The number of aromatic amines is 1. The van der Waals surface area contributed by atoms with Gasteiger partial charge in [0.15, 0.2) is 11.2 Å². The van der Waals surface area contributed by atoms with E-state index in [4.69, 9.17) is 16.3 Å². The molecule has 10 nitrogen and oxygen atoms in total. The van der Waals surface area contributed by atoms with E-state index in [0.717, 1.165) is 16.8 Å². The van der Waals surface area contributed by atoms with Crippen molar-refractivity contribution in [3.8, 4) is 17.4 Å². The molecular formula is C27H26ClN7O3. The first kappa shape index (κ1) is 25.2. The number of aromatic nitrogens is 6. The number of rotatable bonds is 6. The van der Waals surface area contributed by atoms with Crippen molar-refractivity contribution >= 4 is 34.4 Å². The monoisotopic (exact) mass is 531 g/mol. The highest BCUT2D eigenvalue weighted by Gasteiger charge is 2.31. The van der Waals surface area contributed by atoms with Crippen molar-refractivity contribution in [2.75, 3.05) is 5.32 Å². The molecule has 0 aliphatic rings. The number of carbonyl (C=O) groups excluding carboxylic acids is 1. The second-order valence-electron chi connectivity index (χ2n) is 9.55. The van der Waals surface area contributed by atoms with Crippen LogP contribution in [0.25, 0.3) is 22.7 Å². The van der Waals surface area contributed by atoms with Crippen LogP contribution < -0.4 is 15.6 Å². The van der Waals surface area contributed by atoms with Gasteiger partial charge in [-0.25, -0.2) is 4.68 Å². The van der Waals surface area contributed by atoms with Crippen molar-refractivity contribution in [2.45, 2.75) is 40.2 Å². The third-order valence-electron chi connectivity index (χ3n) is 6.17. The van der Waals surface area contributed by atoms with E-state index in [1.807, 2.05) is 32.0 Å². The van der Waals surface area contributed by atoms with Crippen LogP contribution in [0.5, 0.6) is 5.75 Å². The lowest BCUT2D eigenvalue weighted by Crippen LogP contribution is -2.43. The Balaban J connectivity index is 1.50. The number of H-pyrrole nitrogens is 1. The van der Waals surface area contributed by atoms with Gasteiger partial charge in [0.05, 0.1) is 17.6 Å². The van der Waals surface area contributed by atoms with Gasteiger partial charge in [0, 0.05) is 11.1 Å². The molecule has 0 fully saturated rings. The first-order valence-electron chi connectivity index (χ1n) is 11.9. The number of amides is 1. The number of ether oxygens (including phenoxy) is 1. The zero-order chi connectivity index (χ0) is 27.2. The molecular weight excluding hydrogens is 506 g/mol. The first-order chi connectivity index (χ1) is 18.0. The lowest BCUT2D eigenvalue weighted by Gasteiger charge is -2.25. The number of aryl methyl sites for hydroxylation is 3. The molecule has 0 unspecified atom stereocenters. The quantitative estimate of drug-likeness (QED) is 0.328. The van der Waals surface area contributed by atoms with E-state index < -0.39 is 11.5 Å². The van der Waals surface area contributed by atoms with Crippen molar-refractivity contribution in [3.63, 3.8) is 0 Å². The summed E-state index contributed by atoms with van der Waals surface area (Å²) < 4.78 is 8.90. The third kappa shape index (κ3) is 4.78. The first-order valence-corrected chi connectivity index (χ1v) is 12.3. The standard InChI is InChI=1S/C27H26ClN7O3/c1-15-6-9-19(12-16(15)2)34-23-21(14-29-34)24(36)32-26(31-23)35-22(13-17(3)33-35)30-25(37)27(4,5)38-20-10-7-18(28)8-11-20/h6-14H,1-5H3,(H,30,37)(H,31,32,36). The molecule has 2 aromatic carbocycles. The van der Waals surface area contributed by atoms with Crippen LogP contribution in [-0.4, -0.2) is 41.0 Å². The van der Waals surface area contributed by atoms with Crippen LogP contribution in [0.1, 0.15) is 30.7 Å². The second kappa shape index (κ2) is 9.46. The molecule has 0 radical (unpaired) electrons. The summed E-state index contributed by atoms with van der Waals surface area (Å²) >= 11 is 5.95. The molecule has 194 valence electrons. The molecule has 5 aromatic rings. The number of anilines is 1. The number of nitrogens with zero attached hydrogens (tertiary/aromatic N) is 5. The van der Waals surface area contributed by atoms with E-state index in [2.05, 4.69) is 25.5 Å². The Hall–Kier alpha value is -4.44. The van der Waals surface area contributed by atoms with Crippen LogP contribution in [0.15, 0.2) is 59.5 Å². The normalized spacial score (nSPS) is 11.6. The molecule has 0 aliphatic carbocycles. The Morgan fingerprint density at radius 1 is 1.03 bits per heavy atom. The molecule has 5 rings (SSSR count). The third-order valence-corrected chi connectivity index (χ3v) is 6.42. The molecule has 3 aromatic heterocycles. The zero-order valence-electron chi connectivity index (χ0n) is 21.5. The predicted molar refractivity (Wildman–Crippen MR) is 146 cm³/mol. The largest absolute Gasteiger partial charge is 0.478 e. The van der Waals surface area contributed by atoms with Crippen molar-refractivity contribution in [1.82, 2.24) is 29.5 Å². The summed E-state index contributed by atoms with van der Waals surface area (Å²) in [5.41, 5.74) is 2.38. The molecule has 0 atom stereocenters.